The Labute approximate surface area is 168 Å². The SMILES string of the molecule is COc1cc(OC/C=C\C(C)=C(\C)CCOC(C)=O)ccc1C(=O)CC(C)C. The van der Waals surface area contributed by atoms with Crippen LogP contribution >= 0.6 is 0 Å². The molecule has 0 radical (unpaired) electrons. The van der Waals surface area contributed by atoms with Crippen molar-refractivity contribution in [3.63, 3.8) is 0 Å². The lowest BCUT2D eigenvalue weighted by Gasteiger charge is -2.11. The average Bonchev–Trinajstić information content (AvgIpc) is 2.63. The van der Waals surface area contributed by atoms with Gasteiger partial charge in [-0.2, -0.15) is 0 Å². The van der Waals surface area contributed by atoms with Crippen LogP contribution in [0.1, 0.15) is 57.8 Å². The van der Waals surface area contributed by atoms with Crippen LogP contribution in [0.25, 0.3) is 0 Å². The van der Waals surface area contributed by atoms with Crippen LogP contribution in [0, 0.1) is 5.92 Å². The van der Waals surface area contributed by atoms with Gasteiger partial charge < -0.3 is 14.2 Å². The van der Waals surface area contributed by atoms with Crippen LogP contribution in [0.4, 0.5) is 0 Å². The van der Waals surface area contributed by atoms with Gasteiger partial charge in [-0.05, 0) is 38.0 Å². The molecule has 0 aliphatic heterocycles. The third-order valence-electron chi connectivity index (χ3n) is 4.24. The van der Waals surface area contributed by atoms with Crippen LogP contribution in [-0.4, -0.2) is 32.1 Å². The minimum Gasteiger partial charge on any atom is -0.496 e. The third kappa shape index (κ3) is 8.42. The number of esters is 1. The molecule has 28 heavy (non-hydrogen) atoms. The van der Waals surface area contributed by atoms with E-state index in [0.717, 1.165) is 11.1 Å². The summed E-state index contributed by atoms with van der Waals surface area (Å²) in [6, 6.07) is 5.29. The highest BCUT2D eigenvalue weighted by Crippen LogP contribution is 2.26. The first-order valence-electron chi connectivity index (χ1n) is 9.54. The molecule has 0 aromatic heterocycles. The topological polar surface area (TPSA) is 61.8 Å². The van der Waals surface area contributed by atoms with E-state index >= 15 is 0 Å². The standard InChI is InChI=1S/C23H32O5/c1-16(2)14-22(25)21-10-9-20(15-23(21)26-6)28-12-7-8-17(3)18(4)11-13-27-19(5)24/h7-10,15-16H,11-14H2,1-6H3/b8-7-,18-17-. The molecule has 0 spiro atoms. The highest BCUT2D eigenvalue weighted by Gasteiger charge is 2.14. The largest absolute Gasteiger partial charge is 0.496 e. The maximum Gasteiger partial charge on any atom is 0.302 e. The summed E-state index contributed by atoms with van der Waals surface area (Å²) in [5, 5.41) is 0. The Kier molecular flexibility index (Phi) is 10.1. The summed E-state index contributed by atoms with van der Waals surface area (Å²) < 4.78 is 16.1. The molecule has 0 saturated carbocycles. The fraction of sp³-hybridized carbons (Fsp3) is 0.478. The van der Waals surface area contributed by atoms with Crippen molar-refractivity contribution in [1.29, 1.82) is 0 Å². The number of hydrogen-bond donors (Lipinski definition) is 0. The predicted molar refractivity (Wildman–Crippen MR) is 111 cm³/mol. The average molecular weight is 389 g/mol. The van der Waals surface area contributed by atoms with Crippen molar-refractivity contribution in [3.8, 4) is 11.5 Å². The zero-order valence-electron chi connectivity index (χ0n) is 17.8. The summed E-state index contributed by atoms with van der Waals surface area (Å²) >= 11 is 0. The number of methoxy groups -OCH3 is 1. The van der Waals surface area contributed by atoms with Gasteiger partial charge in [0, 0.05) is 25.8 Å². The van der Waals surface area contributed by atoms with E-state index in [4.69, 9.17) is 14.2 Å². The van der Waals surface area contributed by atoms with Crippen molar-refractivity contribution >= 4 is 11.8 Å². The zero-order valence-corrected chi connectivity index (χ0v) is 17.8. The van der Waals surface area contributed by atoms with E-state index < -0.39 is 0 Å². The van der Waals surface area contributed by atoms with Crippen molar-refractivity contribution < 1.29 is 23.8 Å². The van der Waals surface area contributed by atoms with Crippen molar-refractivity contribution in [2.24, 2.45) is 5.92 Å². The molecule has 0 aliphatic rings. The van der Waals surface area contributed by atoms with Gasteiger partial charge in [0.25, 0.3) is 0 Å². The molecule has 5 nitrogen and oxygen atoms in total. The number of carbonyl (C=O) groups excluding carboxylic acids is 2. The van der Waals surface area contributed by atoms with Gasteiger partial charge in [0.1, 0.15) is 18.1 Å². The summed E-state index contributed by atoms with van der Waals surface area (Å²) in [5.41, 5.74) is 2.86. The van der Waals surface area contributed by atoms with Gasteiger partial charge in [-0.1, -0.05) is 31.1 Å². The van der Waals surface area contributed by atoms with Crippen LogP contribution in [0.5, 0.6) is 11.5 Å². The first-order valence-corrected chi connectivity index (χ1v) is 9.54. The summed E-state index contributed by atoms with van der Waals surface area (Å²) in [4.78, 5) is 23.1. The molecule has 0 aliphatic carbocycles. The van der Waals surface area contributed by atoms with Crippen molar-refractivity contribution in [1.82, 2.24) is 0 Å². The van der Waals surface area contributed by atoms with E-state index in [2.05, 4.69) is 0 Å². The number of allylic oxidation sites excluding steroid dienone is 2. The molecule has 0 heterocycles. The Morgan fingerprint density at radius 1 is 1.14 bits per heavy atom. The number of ether oxygens (including phenoxy) is 3. The Hall–Kier alpha value is -2.56. The molecule has 0 unspecified atom stereocenters. The lowest BCUT2D eigenvalue weighted by Crippen LogP contribution is -2.06. The van der Waals surface area contributed by atoms with E-state index in [1.54, 1.807) is 25.3 Å². The number of Topliss-reactive ketones (excluding diaryl/α,β-unsaturated/α-hetero) is 1. The third-order valence-corrected chi connectivity index (χ3v) is 4.24. The normalized spacial score (nSPS) is 12.1. The number of hydrogen-bond acceptors (Lipinski definition) is 5. The first-order chi connectivity index (χ1) is 13.2. The van der Waals surface area contributed by atoms with Gasteiger partial charge in [0.15, 0.2) is 5.78 Å². The molecule has 1 aromatic rings. The second-order valence-corrected chi connectivity index (χ2v) is 7.15. The van der Waals surface area contributed by atoms with Gasteiger partial charge in [0.05, 0.1) is 19.3 Å². The minimum absolute atomic E-state index is 0.0725. The molecule has 0 atom stereocenters. The highest BCUT2D eigenvalue weighted by molar-refractivity contribution is 5.99. The Bertz CT molecular complexity index is 729. The highest BCUT2D eigenvalue weighted by atomic mass is 16.5. The van der Waals surface area contributed by atoms with Crippen LogP contribution in [0.2, 0.25) is 0 Å². The number of benzene rings is 1. The number of rotatable bonds is 11. The molecule has 1 aromatic carbocycles. The zero-order chi connectivity index (χ0) is 21.1. The monoisotopic (exact) mass is 388 g/mol. The van der Waals surface area contributed by atoms with Gasteiger partial charge in [0.2, 0.25) is 0 Å². The Morgan fingerprint density at radius 3 is 2.46 bits per heavy atom. The molecule has 0 bridgehead atoms. The summed E-state index contributed by atoms with van der Waals surface area (Å²) in [5.74, 6) is 1.29. The summed E-state index contributed by atoms with van der Waals surface area (Å²) in [6.45, 7) is 10.3. The lowest BCUT2D eigenvalue weighted by atomic mass is 10.0. The fourth-order valence-electron chi connectivity index (χ4n) is 2.53. The molecule has 1 rings (SSSR count). The maximum absolute atomic E-state index is 12.3. The van der Waals surface area contributed by atoms with E-state index in [-0.39, 0.29) is 11.8 Å². The smallest absolute Gasteiger partial charge is 0.302 e. The predicted octanol–water partition coefficient (Wildman–Crippen LogP) is 5.15. The van der Waals surface area contributed by atoms with E-state index in [9.17, 15) is 9.59 Å². The summed E-state index contributed by atoms with van der Waals surface area (Å²) in [7, 11) is 1.55. The van der Waals surface area contributed by atoms with Crippen molar-refractivity contribution in [3.05, 3.63) is 47.1 Å². The first kappa shape index (κ1) is 23.5. The van der Waals surface area contributed by atoms with Crippen LogP contribution in [0.15, 0.2) is 41.5 Å². The Morgan fingerprint density at radius 2 is 1.86 bits per heavy atom. The molecule has 5 heteroatoms. The van der Waals surface area contributed by atoms with Gasteiger partial charge in [-0.15, -0.1) is 0 Å². The second-order valence-electron chi connectivity index (χ2n) is 7.15. The van der Waals surface area contributed by atoms with Crippen LogP contribution < -0.4 is 9.47 Å². The quantitative estimate of drug-likeness (QED) is 0.298. The van der Waals surface area contributed by atoms with E-state index in [1.165, 1.54) is 6.92 Å². The van der Waals surface area contributed by atoms with Crippen LogP contribution in [0.3, 0.4) is 0 Å². The van der Waals surface area contributed by atoms with Gasteiger partial charge in [-0.3, -0.25) is 9.59 Å². The molecule has 0 saturated heterocycles. The summed E-state index contributed by atoms with van der Waals surface area (Å²) in [6.07, 6.45) is 5.11. The van der Waals surface area contributed by atoms with E-state index in [0.29, 0.717) is 49.0 Å². The number of ketones is 1. The molecule has 0 fully saturated rings. The van der Waals surface area contributed by atoms with Crippen LogP contribution in [-0.2, 0) is 9.53 Å². The fourth-order valence-corrected chi connectivity index (χ4v) is 2.53. The second kappa shape index (κ2) is 12.0. The molecular formula is C23H32O5. The molecular weight excluding hydrogens is 356 g/mol. The molecule has 0 N–H and O–H groups in total. The minimum atomic E-state index is -0.262. The van der Waals surface area contributed by atoms with Gasteiger partial charge >= 0.3 is 5.97 Å². The molecule has 0 amide bonds. The lowest BCUT2D eigenvalue weighted by molar-refractivity contribution is -0.140. The Balaban J connectivity index is 2.63. The van der Waals surface area contributed by atoms with Gasteiger partial charge in [-0.25, -0.2) is 0 Å². The number of carbonyl (C=O) groups is 2. The van der Waals surface area contributed by atoms with Crippen molar-refractivity contribution in [2.45, 2.75) is 47.5 Å². The molecule has 154 valence electrons. The van der Waals surface area contributed by atoms with E-state index in [1.807, 2.05) is 39.8 Å². The van der Waals surface area contributed by atoms with Crippen molar-refractivity contribution in [2.75, 3.05) is 20.3 Å². The maximum atomic E-state index is 12.3.